The third-order valence-corrected chi connectivity index (χ3v) is 3.62. The van der Waals surface area contributed by atoms with Crippen LogP contribution in [-0.4, -0.2) is 6.61 Å². The minimum atomic E-state index is -0.0365. The average Bonchev–Trinajstić information content (AvgIpc) is 2.54. The lowest BCUT2D eigenvalue weighted by Crippen LogP contribution is -2.09. The van der Waals surface area contributed by atoms with Crippen LogP contribution in [0.2, 0.25) is 0 Å². The van der Waals surface area contributed by atoms with E-state index in [1.165, 1.54) is 0 Å². The molecule has 20 heavy (non-hydrogen) atoms. The summed E-state index contributed by atoms with van der Waals surface area (Å²) in [6.45, 7) is 0.652. The predicted molar refractivity (Wildman–Crippen MR) is 79.8 cm³/mol. The summed E-state index contributed by atoms with van der Waals surface area (Å²) in [4.78, 5) is 0. The summed E-state index contributed by atoms with van der Waals surface area (Å²) in [6, 6.07) is 14.3. The minimum Gasteiger partial charge on any atom is -0.489 e. The summed E-state index contributed by atoms with van der Waals surface area (Å²) in [6.07, 6.45) is 8.31. The first-order valence-electron chi connectivity index (χ1n) is 6.77. The van der Waals surface area contributed by atoms with Crippen molar-refractivity contribution in [2.24, 2.45) is 0 Å². The number of rotatable bonds is 1. The molecular formula is C18H14O2. The summed E-state index contributed by atoms with van der Waals surface area (Å²) in [5, 5.41) is 0. The van der Waals surface area contributed by atoms with Crippen LogP contribution in [0.5, 0.6) is 11.5 Å². The summed E-state index contributed by atoms with van der Waals surface area (Å²) in [5.41, 5.74) is 3.39. The van der Waals surface area contributed by atoms with E-state index in [4.69, 9.17) is 9.47 Å². The van der Waals surface area contributed by atoms with Crippen LogP contribution in [0.25, 0.3) is 12.2 Å². The highest BCUT2D eigenvalue weighted by molar-refractivity contribution is 5.63. The SMILES string of the molecule is C1=Cc2cc(C3C=Cc4ccccc4O3)ccc2OC1. The zero-order valence-corrected chi connectivity index (χ0v) is 11.0. The molecule has 2 nitrogen and oxygen atoms in total. The molecule has 0 radical (unpaired) electrons. The van der Waals surface area contributed by atoms with E-state index in [1.807, 2.05) is 30.3 Å². The molecule has 2 aromatic rings. The van der Waals surface area contributed by atoms with Crippen molar-refractivity contribution in [2.45, 2.75) is 6.10 Å². The highest BCUT2D eigenvalue weighted by Crippen LogP contribution is 2.34. The van der Waals surface area contributed by atoms with Gasteiger partial charge in [-0.1, -0.05) is 36.4 Å². The molecule has 2 heteroatoms. The standard InChI is InChI=1S/C18H14O2/c1-2-6-17-13(4-1)7-10-18(20-17)15-8-9-16-14(12-15)5-3-11-19-16/h1-10,12,18H,11H2. The fourth-order valence-corrected chi connectivity index (χ4v) is 2.59. The van der Waals surface area contributed by atoms with Gasteiger partial charge >= 0.3 is 0 Å². The average molecular weight is 262 g/mol. The maximum atomic E-state index is 6.06. The molecule has 0 aromatic heterocycles. The summed E-state index contributed by atoms with van der Waals surface area (Å²) in [5.74, 6) is 1.88. The van der Waals surface area contributed by atoms with Crippen LogP contribution >= 0.6 is 0 Å². The van der Waals surface area contributed by atoms with Crippen molar-refractivity contribution in [3.63, 3.8) is 0 Å². The number of ether oxygens (including phenoxy) is 2. The van der Waals surface area contributed by atoms with Gasteiger partial charge in [0.05, 0.1) is 0 Å². The van der Waals surface area contributed by atoms with Crippen LogP contribution in [0.1, 0.15) is 22.8 Å². The number of benzene rings is 2. The smallest absolute Gasteiger partial charge is 0.142 e. The van der Waals surface area contributed by atoms with Crippen LogP contribution < -0.4 is 9.47 Å². The molecule has 0 spiro atoms. The first-order valence-corrected chi connectivity index (χ1v) is 6.77. The maximum Gasteiger partial charge on any atom is 0.142 e. The van der Waals surface area contributed by atoms with E-state index in [0.717, 1.165) is 28.2 Å². The topological polar surface area (TPSA) is 18.5 Å². The molecule has 1 unspecified atom stereocenters. The Morgan fingerprint density at radius 2 is 1.85 bits per heavy atom. The van der Waals surface area contributed by atoms with Crippen LogP contribution in [0.15, 0.2) is 54.6 Å². The van der Waals surface area contributed by atoms with E-state index in [0.29, 0.717) is 6.61 Å². The van der Waals surface area contributed by atoms with Crippen molar-refractivity contribution in [3.05, 3.63) is 71.3 Å². The zero-order valence-electron chi connectivity index (χ0n) is 11.0. The van der Waals surface area contributed by atoms with E-state index >= 15 is 0 Å². The summed E-state index contributed by atoms with van der Waals surface area (Å²) >= 11 is 0. The molecule has 0 aliphatic carbocycles. The fraction of sp³-hybridized carbons (Fsp3) is 0.111. The Hall–Kier alpha value is -2.48. The first-order chi connectivity index (χ1) is 9.90. The zero-order chi connectivity index (χ0) is 13.4. The molecule has 0 saturated carbocycles. The molecule has 0 fully saturated rings. The minimum absolute atomic E-state index is 0.0365. The first kappa shape index (κ1) is 11.4. The van der Waals surface area contributed by atoms with Crippen molar-refractivity contribution >= 4 is 12.2 Å². The Balaban J connectivity index is 1.69. The van der Waals surface area contributed by atoms with Gasteiger partial charge in [0.2, 0.25) is 0 Å². The molecule has 0 saturated heterocycles. The molecule has 98 valence electrons. The third kappa shape index (κ3) is 1.90. The Bertz CT molecular complexity index is 713. The number of para-hydroxylation sites is 1. The predicted octanol–water partition coefficient (Wildman–Crippen LogP) is 4.24. The number of hydrogen-bond donors (Lipinski definition) is 0. The van der Waals surface area contributed by atoms with Gasteiger partial charge in [-0.3, -0.25) is 0 Å². The Kier molecular flexibility index (Phi) is 2.59. The highest BCUT2D eigenvalue weighted by Gasteiger charge is 2.17. The summed E-state index contributed by atoms with van der Waals surface area (Å²) < 4.78 is 11.6. The monoisotopic (exact) mass is 262 g/mol. The van der Waals surface area contributed by atoms with Crippen molar-refractivity contribution in [1.82, 2.24) is 0 Å². The summed E-state index contributed by atoms with van der Waals surface area (Å²) in [7, 11) is 0. The van der Waals surface area contributed by atoms with Gasteiger partial charge in [-0.2, -0.15) is 0 Å². The molecule has 2 aliphatic heterocycles. The Morgan fingerprint density at radius 3 is 2.85 bits per heavy atom. The Morgan fingerprint density at radius 1 is 0.900 bits per heavy atom. The van der Waals surface area contributed by atoms with Crippen molar-refractivity contribution in [1.29, 1.82) is 0 Å². The lowest BCUT2D eigenvalue weighted by molar-refractivity contribution is 0.251. The lowest BCUT2D eigenvalue weighted by atomic mass is 10.0. The van der Waals surface area contributed by atoms with Crippen LogP contribution in [0, 0.1) is 0 Å². The van der Waals surface area contributed by atoms with Gasteiger partial charge in [-0.05, 0) is 35.9 Å². The van der Waals surface area contributed by atoms with E-state index in [2.05, 4.69) is 36.4 Å². The fourth-order valence-electron chi connectivity index (χ4n) is 2.59. The highest BCUT2D eigenvalue weighted by atomic mass is 16.5. The second-order valence-electron chi connectivity index (χ2n) is 4.95. The van der Waals surface area contributed by atoms with Crippen molar-refractivity contribution in [2.75, 3.05) is 6.61 Å². The van der Waals surface area contributed by atoms with Gasteiger partial charge in [0.25, 0.3) is 0 Å². The van der Waals surface area contributed by atoms with E-state index in [1.54, 1.807) is 0 Å². The number of hydrogen-bond acceptors (Lipinski definition) is 2. The number of fused-ring (bicyclic) bond motifs is 2. The maximum absolute atomic E-state index is 6.06. The molecule has 0 amide bonds. The molecule has 2 heterocycles. The van der Waals surface area contributed by atoms with E-state index in [9.17, 15) is 0 Å². The second kappa shape index (κ2) is 4.57. The van der Waals surface area contributed by atoms with Crippen LogP contribution in [0.3, 0.4) is 0 Å². The van der Waals surface area contributed by atoms with Gasteiger partial charge in [0.15, 0.2) is 0 Å². The molecule has 2 aromatic carbocycles. The molecular weight excluding hydrogens is 248 g/mol. The Labute approximate surface area is 118 Å². The van der Waals surface area contributed by atoms with E-state index in [-0.39, 0.29) is 6.10 Å². The molecule has 1 atom stereocenters. The van der Waals surface area contributed by atoms with Gasteiger partial charge in [-0.25, -0.2) is 0 Å². The molecule has 0 N–H and O–H groups in total. The normalized spacial score (nSPS) is 18.7. The van der Waals surface area contributed by atoms with Crippen molar-refractivity contribution in [3.8, 4) is 11.5 Å². The third-order valence-electron chi connectivity index (χ3n) is 3.62. The molecule has 4 rings (SSSR count). The van der Waals surface area contributed by atoms with Gasteiger partial charge in [0, 0.05) is 11.1 Å². The van der Waals surface area contributed by atoms with Gasteiger partial charge < -0.3 is 9.47 Å². The van der Waals surface area contributed by atoms with E-state index < -0.39 is 0 Å². The lowest BCUT2D eigenvalue weighted by Gasteiger charge is -2.23. The van der Waals surface area contributed by atoms with Crippen molar-refractivity contribution < 1.29 is 9.47 Å². The van der Waals surface area contributed by atoms with Crippen LogP contribution in [0.4, 0.5) is 0 Å². The quantitative estimate of drug-likeness (QED) is 0.765. The largest absolute Gasteiger partial charge is 0.489 e. The molecule has 2 aliphatic rings. The van der Waals surface area contributed by atoms with Gasteiger partial charge in [-0.15, -0.1) is 0 Å². The van der Waals surface area contributed by atoms with Crippen LogP contribution in [-0.2, 0) is 0 Å². The second-order valence-corrected chi connectivity index (χ2v) is 4.95. The van der Waals surface area contributed by atoms with Gasteiger partial charge in [0.1, 0.15) is 24.2 Å². The molecule has 0 bridgehead atoms.